The highest BCUT2D eigenvalue weighted by molar-refractivity contribution is 6.22. The summed E-state index contributed by atoms with van der Waals surface area (Å²) >= 11 is 0. The molecule has 1 fully saturated rings. The first-order valence-electron chi connectivity index (χ1n) is 7.30. The van der Waals surface area contributed by atoms with Gasteiger partial charge >= 0.3 is 0 Å². The molecule has 22 heavy (non-hydrogen) atoms. The Hall–Kier alpha value is -2.53. The highest BCUT2D eigenvalue weighted by atomic mass is 16.2. The van der Waals surface area contributed by atoms with E-state index in [1.165, 1.54) is 4.90 Å². The second-order valence-electron chi connectivity index (χ2n) is 5.22. The van der Waals surface area contributed by atoms with Crippen molar-refractivity contribution in [2.24, 2.45) is 0 Å². The number of para-hydroxylation sites is 1. The van der Waals surface area contributed by atoms with Gasteiger partial charge in [-0.15, -0.1) is 0 Å². The predicted octanol–water partition coefficient (Wildman–Crippen LogP) is 1.55. The Balaban J connectivity index is 1.60. The zero-order valence-corrected chi connectivity index (χ0v) is 12.1. The molecule has 1 N–H and O–H groups in total. The van der Waals surface area contributed by atoms with Crippen LogP contribution in [0.25, 0.3) is 0 Å². The van der Waals surface area contributed by atoms with Crippen LogP contribution < -0.4 is 10.2 Å². The Morgan fingerprint density at radius 3 is 2.55 bits per heavy atom. The van der Waals surface area contributed by atoms with Crippen LogP contribution in [0.15, 0.2) is 54.9 Å². The van der Waals surface area contributed by atoms with E-state index in [1.54, 1.807) is 24.5 Å². The van der Waals surface area contributed by atoms with Crippen molar-refractivity contribution >= 4 is 17.5 Å². The average molecular weight is 295 g/mol. The largest absolute Gasteiger partial charge is 0.305 e. The third-order valence-electron chi connectivity index (χ3n) is 3.71. The first kappa shape index (κ1) is 14.4. The molecule has 1 aromatic carbocycles. The van der Waals surface area contributed by atoms with E-state index >= 15 is 0 Å². The van der Waals surface area contributed by atoms with Crippen molar-refractivity contribution in [2.75, 3.05) is 11.4 Å². The number of imide groups is 1. The molecule has 5 nitrogen and oxygen atoms in total. The van der Waals surface area contributed by atoms with E-state index in [0.717, 1.165) is 12.0 Å². The monoisotopic (exact) mass is 295 g/mol. The normalized spacial score (nSPS) is 18.0. The quantitative estimate of drug-likeness (QED) is 0.850. The summed E-state index contributed by atoms with van der Waals surface area (Å²) in [6, 6.07) is 12.5. The van der Waals surface area contributed by atoms with Gasteiger partial charge in [0.1, 0.15) is 0 Å². The van der Waals surface area contributed by atoms with Crippen LogP contribution in [0.3, 0.4) is 0 Å². The third kappa shape index (κ3) is 3.04. The number of aromatic nitrogens is 1. The number of nitrogens with zero attached hydrogens (tertiary/aromatic N) is 2. The van der Waals surface area contributed by atoms with Crippen LogP contribution in [0, 0.1) is 0 Å². The SMILES string of the molecule is O=C1C[C@@H](NCCc2ccncc2)C(=O)N1c1ccccc1. The van der Waals surface area contributed by atoms with Crippen LogP contribution in [0.5, 0.6) is 0 Å². The number of anilines is 1. The first-order chi connectivity index (χ1) is 10.8. The topological polar surface area (TPSA) is 62.3 Å². The number of nitrogens with one attached hydrogen (secondary N) is 1. The zero-order chi connectivity index (χ0) is 15.4. The van der Waals surface area contributed by atoms with Crippen molar-refractivity contribution in [1.29, 1.82) is 0 Å². The molecule has 0 unspecified atom stereocenters. The van der Waals surface area contributed by atoms with Crippen LogP contribution in [0.2, 0.25) is 0 Å². The maximum atomic E-state index is 12.4. The molecular weight excluding hydrogens is 278 g/mol. The maximum Gasteiger partial charge on any atom is 0.251 e. The molecule has 0 bridgehead atoms. The molecule has 1 saturated heterocycles. The van der Waals surface area contributed by atoms with Gasteiger partial charge in [-0.1, -0.05) is 18.2 Å². The third-order valence-corrected chi connectivity index (χ3v) is 3.71. The number of carbonyl (C=O) groups excluding carboxylic acids is 2. The molecule has 0 spiro atoms. The van der Waals surface area contributed by atoms with Crippen LogP contribution >= 0.6 is 0 Å². The summed E-state index contributed by atoms with van der Waals surface area (Å²) in [6.07, 6.45) is 4.50. The number of carbonyl (C=O) groups is 2. The fourth-order valence-corrected chi connectivity index (χ4v) is 2.58. The molecule has 2 heterocycles. The highest BCUT2D eigenvalue weighted by Crippen LogP contribution is 2.22. The molecule has 0 aliphatic carbocycles. The number of benzene rings is 1. The summed E-state index contributed by atoms with van der Waals surface area (Å²) in [4.78, 5) is 29.7. The number of hydrogen-bond acceptors (Lipinski definition) is 4. The lowest BCUT2D eigenvalue weighted by molar-refractivity contribution is -0.121. The second kappa shape index (κ2) is 6.49. The first-order valence-corrected chi connectivity index (χ1v) is 7.30. The van der Waals surface area contributed by atoms with Crippen LogP contribution in [0.4, 0.5) is 5.69 Å². The van der Waals surface area contributed by atoms with Crippen LogP contribution in [0.1, 0.15) is 12.0 Å². The maximum absolute atomic E-state index is 12.4. The molecule has 1 aliphatic heterocycles. The Morgan fingerprint density at radius 2 is 1.82 bits per heavy atom. The molecule has 2 aromatic rings. The minimum absolute atomic E-state index is 0.155. The lowest BCUT2D eigenvalue weighted by atomic mass is 10.2. The van der Waals surface area contributed by atoms with Crippen molar-refractivity contribution in [1.82, 2.24) is 10.3 Å². The van der Waals surface area contributed by atoms with E-state index in [-0.39, 0.29) is 18.2 Å². The second-order valence-corrected chi connectivity index (χ2v) is 5.22. The summed E-state index contributed by atoms with van der Waals surface area (Å²) in [6.45, 7) is 0.649. The van der Waals surface area contributed by atoms with Crippen molar-refractivity contribution in [3.8, 4) is 0 Å². The van der Waals surface area contributed by atoms with E-state index in [4.69, 9.17) is 0 Å². The molecule has 0 radical (unpaired) electrons. The molecule has 5 heteroatoms. The summed E-state index contributed by atoms with van der Waals surface area (Å²) in [7, 11) is 0. The van der Waals surface area contributed by atoms with Gasteiger partial charge in [0, 0.05) is 12.4 Å². The van der Waals surface area contributed by atoms with E-state index in [2.05, 4.69) is 10.3 Å². The lowest BCUT2D eigenvalue weighted by Crippen LogP contribution is -2.39. The van der Waals surface area contributed by atoms with E-state index in [0.29, 0.717) is 12.2 Å². The van der Waals surface area contributed by atoms with Gasteiger partial charge in [-0.3, -0.25) is 14.6 Å². The van der Waals surface area contributed by atoms with Gasteiger partial charge in [0.2, 0.25) is 5.91 Å². The number of hydrogen-bond donors (Lipinski definition) is 1. The minimum Gasteiger partial charge on any atom is -0.305 e. The van der Waals surface area contributed by atoms with Crippen molar-refractivity contribution in [3.63, 3.8) is 0 Å². The number of pyridine rings is 1. The molecular formula is C17H17N3O2. The van der Waals surface area contributed by atoms with Crippen molar-refractivity contribution in [2.45, 2.75) is 18.9 Å². The molecule has 112 valence electrons. The standard InChI is InChI=1S/C17H17N3O2/c21-16-12-15(19-11-8-13-6-9-18-10-7-13)17(22)20(16)14-4-2-1-3-5-14/h1-7,9-10,15,19H,8,11-12H2/t15-/m1/s1. The summed E-state index contributed by atoms with van der Waals surface area (Å²) in [5.74, 6) is -0.330. The Labute approximate surface area is 129 Å². The van der Waals surface area contributed by atoms with E-state index in [1.807, 2.05) is 30.3 Å². The molecule has 3 rings (SSSR count). The van der Waals surface area contributed by atoms with Crippen LogP contribution in [-0.4, -0.2) is 29.4 Å². The van der Waals surface area contributed by atoms with Gasteiger partial charge in [-0.05, 0) is 42.8 Å². The smallest absolute Gasteiger partial charge is 0.251 e. The van der Waals surface area contributed by atoms with Gasteiger partial charge < -0.3 is 5.32 Å². The van der Waals surface area contributed by atoms with E-state index < -0.39 is 6.04 Å². The Bertz CT molecular complexity index is 658. The molecule has 0 saturated carbocycles. The van der Waals surface area contributed by atoms with Gasteiger partial charge in [0.15, 0.2) is 0 Å². The number of amides is 2. The van der Waals surface area contributed by atoms with Gasteiger partial charge in [0.05, 0.1) is 18.2 Å². The Morgan fingerprint density at radius 1 is 1.09 bits per heavy atom. The Kier molecular flexibility index (Phi) is 4.25. The molecule has 1 aliphatic rings. The summed E-state index contributed by atoms with van der Waals surface area (Å²) in [5.41, 5.74) is 1.79. The van der Waals surface area contributed by atoms with Crippen molar-refractivity contribution < 1.29 is 9.59 Å². The minimum atomic E-state index is -0.436. The van der Waals surface area contributed by atoms with Gasteiger partial charge in [-0.25, -0.2) is 4.90 Å². The lowest BCUT2D eigenvalue weighted by Gasteiger charge is -2.15. The molecule has 2 amide bonds. The van der Waals surface area contributed by atoms with E-state index in [9.17, 15) is 9.59 Å². The molecule has 1 atom stereocenters. The van der Waals surface area contributed by atoms with Crippen molar-refractivity contribution in [3.05, 3.63) is 60.4 Å². The summed E-state index contributed by atoms with van der Waals surface area (Å²) < 4.78 is 0. The fourth-order valence-electron chi connectivity index (χ4n) is 2.58. The fraction of sp³-hybridized carbons (Fsp3) is 0.235. The van der Waals surface area contributed by atoms with Gasteiger partial charge in [0.25, 0.3) is 5.91 Å². The predicted molar refractivity (Wildman–Crippen MR) is 83.3 cm³/mol. The number of rotatable bonds is 5. The van der Waals surface area contributed by atoms with Gasteiger partial charge in [-0.2, -0.15) is 0 Å². The average Bonchev–Trinajstić information content (AvgIpc) is 2.83. The summed E-state index contributed by atoms with van der Waals surface area (Å²) in [5, 5.41) is 3.18. The highest BCUT2D eigenvalue weighted by Gasteiger charge is 2.38. The molecule has 1 aromatic heterocycles. The zero-order valence-electron chi connectivity index (χ0n) is 12.1. The van der Waals surface area contributed by atoms with Crippen LogP contribution in [-0.2, 0) is 16.0 Å².